The van der Waals surface area contributed by atoms with E-state index < -0.39 is 0 Å². The zero-order valence-corrected chi connectivity index (χ0v) is 14.3. The first-order valence-electron chi connectivity index (χ1n) is 8.29. The van der Waals surface area contributed by atoms with Crippen molar-refractivity contribution in [2.45, 2.75) is 26.2 Å². The smallest absolute Gasteiger partial charge is 0.220 e. The molecule has 4 nitrogen and oxygen atoms in total. The fraction of sp³-hybridized carbons (Fsp3) is 0.300. The molecule has 0 aliphatic rings. The summed E-state index contributed by atoms with van der Waals surface area (Å²) in [5.74, 6) is 0.105. The summed E-state index contributed by atoms with van der Waals surface area (Å²) in [5.41, 5.74) is 1.73. The van der Waals surface area contributed by atoms with Crippen LogP contribution in [0.3, 0.4) is 0 Å². The van der Waals surface area contributed by atoms with Crippen molar-refractivity contribution in [2.24, 2.45) is 0 Å². The van der Waals surface area contributed by atoms with Gasteiger partial charge in [0.15, 0.2) is 5.78 Å². The van der Waals surface area contributed by atoms with Gasteiger partial charge in [0.05, 0.1) is 6.61 Å². The van der Waals surface area contributed by atoms with Gasteiger partial charge in [0.1, 0.15) is 11.6 Å². The van der Waals surface area contributed by atoms with Crippen molar-refractivity contribution < 1.29 is 18.7 Å². The van der Waals surface area contributed by atoms with Crippen LogP contribution >= 0.6 is 0 Å². The Morgan fingerprint density at radius 1 is 1.00 bits per heavy atom. The molecular weight excluding hydrogens is 321 g/mol. The molecule has 1 N–H and O–H groups in total. The Hall–Kier alpha value is -2.69. The summed E-state index contributed by atoms with van der Waals surface area (Å²) >= 11 is 0. The van der Waals surface area contributed by atoms with Crippen LogP contribution in [0.25, 0.3) is 0 Å². The maximum Gasteiger partial charge on any atom is 0.220 e. The predicted molar refractivity (Wildman–Crippen MR) is 94.3 cm³/mol. The van der Waals surface area contributed by atoms with Crippen molar-refractivity contribution in [3.8, 4) is 5.75 Å². The topological polar surface area (TPSA) is 55.4 Å². The molecule has 0 aliphatic carbocycles. The molecule has 2 rings (SSSR count). The number of rotatable bonds is 9. The Bertz CT molecular complexity index is 696. The third kappa shape index (κ3) is 6.75. The van der Waals surface area contributed by atoms with Crippen molar-refractivity contribution in [2.75, 3.05) is 13.2 Å². The molecule has 1 amide bonds. The third-order valence-corrected chi connectivity index (χ3v) is 3.68. The molecule has 132 valence electrons. The molecule has 0 saturated heterocycles. The molecule has 0 aliphatic heterocycles. The van der Waals surface area contributed by atoms with Gasteiger partial charge < -0.3 is 10.1 Å². The number of halogens is 1. The maximum atomic E-state index is 12.7. The lowest BCUT2D eigenvalue weighted by Gasteiger charge is -2.07. The quantitative estimate of drug-likeness (QED) is 0.558. The minimum atomic E-state index is -0.306. The van der Waals surface area contributed by atoms with E-state index in [9.17, 15) is 14.0 Å². The summed E-state index contributed by atoms with van der Waals surface area (Å²) in [7, 11) is 0. The molecular formula is C20H22FNO3. The van der Waals surface area contributed by atoms with E-state index in [0.29, 0.717) is 30.9 Å². The molecule has 0 atom stereocenters. The van der Waals surface area contributed by atoms with Crippen LogP contribution in [-0.4, -0.2) is 24.8 Å². The highest BCUT2D eigenvalue weighted by atomic mass is 19.1. The number of nitrogens with one attached hydrogen (secondary N) is 1. The largest absolute Gasteiger partial charge is 0.494 e. The SMILES string of the molecule is Cc1ccc(C(=O)CCC(=O)NCCCOc2ccc(F)cc2)cc1. The normalized spacial score (nSPS) is 10.3. The van der Waals surface area contributed by atoms with E-state index in [1.807, 2.05) is 19.1 Å². The second-order valence-corrected chi connectivity index (χ2v) is 5.80. The van der Waals surface area contributed by atoms with E-state index in [2.05, 4.69) is 5.32 Å². The van der Waals surface area contributed by atoms with E-state index in [1.54, 1.807) is 24.3 Å². The highest BCUT2D eigenvalue weighted by Crippen LogP contribution is 2.11. The zero-order chi connectivity index (χ0) is 18.1. The molecule has 25 heavy (non-hydrogen) atoms. The first kappa shape index (κ1) is 18.6. The molecule has 0 saturated carbocycles. The van der Waals surface area contributed by atoms with Crippen LogP contribution in [0.5, 0.6) is 5.75 Å². The molecule has 0 heterocycles. The van der Waals surface area contributed by atoms with E-state index in [1.165, 1.54) is 12.1 Å². The van der Waals surface area contributed by atoms with Gasteiger partial charge in [0, 0.05) is 24.9 Å². The van der Waals surface area contributed by atoms with Crippen molar-refractivity contribution >= 4 is 11.7 Å². The molecule has 5 heteroatoms. The average molecular weight is 343 g/mol. The number of aryl methyl sites for hydroxylation is 1. The number of amides is 1. The van der Waals surface area contributed by atoms with Crippen molar-refractivity contribution in [1.29, 1.82) is 0 Å². The van der Waals surface area contributed by atoms with Crippen LogP contribution in [0, 0.1) is 12.7 Å². The van der Waals surface area contributed by atoms with Crippen LogP contribution in [0.15, 0.2) is 48.5 Å². The van der Waals surface area contributed by atoms with Crippen molar-refractivity contribution in [3.05, 3.63) is 65.5 Å². The molecule has 0 fully saturated rings. The van der Waals surface area contributed by atoms with Gasteiger partial charge in [0.25, 0.3) is 0 Å². The fourth-order valence-electron chi connectivity index (χ4n) is 2.22. The lowest BCUT2D eigenvalue weighted by atomic mass is 10.1. The summed E-state index contributed by atoms with van der Waals surface area (Å²) < 4.78 is 18.2. The van der Waals surface area contributed by atoms with Gasteiger partial charge in [-0.25, -0.2) is 4.39 Å². The number of hydrogen-bond donors (Lipinski definition) is 1. The van der Waals surface area contributed by atoms with Gasteiger partial charge in [-0.05, 0) is 37.6 Å². The van der Waals surface area contributed by atoms with E-state index in [-0.39, 0.29) is 30.3 Å². The van der Waals surface area contributed by atoms with Gasteiger partial charge in [-0.3, -0.25) is 9.59 Å². The van der Waals surface area contributed by atoms with Gasteiger partial charge in [0.2, 0.25) is 5.91 Å². The van der Waals surface area contributed by atoms with Gasteiger partial charge in [-0.2, -0.15) is 0 Å². The van der Waals surface area contributed by atoms with Crippen molar-refractivity contribution in [3.63, 3.8) is 0 Å². The third-order valence-electron chi connectivity index (χ3n) is 3.68. The average Bonchev–Trinajstić information content (AvgIpc) is 2.61. The molecule has 0 aromatic heterocycles. The molecule has 0 radical (unpaired) electrons. The number of ketones is 1. The predicted octanol–water partition coefficient (Wildman–Crippen LogP) is 3.68. The number of benzene rings is 2. The van der Waals surface area contributed by atoms with E-state index in [0.717, 1.165) is 5.56 Å². The Morgan fingerprint density at radius 2 is 1.68 bits per heavy atom. The highest BCUT2D eigenvalue weighted by molar-refractivity contribution is 5.97. The number of Topliss-reactive ketones (excluding diaryl/α,β-unsaturated/α-hetero) is 1. The Morgan fingerprint density at radius 3 is 2.36 bits per heavy atom. The van der Waals surface area contributed by atoms with Gasteiger partial charge >= 0.3 is 0 Å². The molecule has 0 bridgehead atoms. The van der Waals surface area contributed by atoms with Gasteiger partial charge in [-0.1, -0.05) is 29.8 Å². The van der Waals surface area contributed by atoms with Crippen LogP contribution in [0.4, 0.5) is 4.39 Å². The number of hydrogen-bond acceptors (Lipinski definition) is 3. The molecule has 2 aromatic carbocycles. The maximum absolute atomic E-state index is 12.7. The highest BCUT2D eigenvalue weighted by Gasteiger charge is 2.08. The zero-order valence-electron chi connectivity index (χ0n) is 14.3. The summed E-state index contributed by atoms with van der Waals surface area (Å²) in [4.78, 5) is 23.7. The molecule has 2 aromatic rings. The Balaban J connectivity index is 1.58. The first-order valence-corrected chi connectivity index (χ1v) is 8.29. The standard InChI is InChI=1S/C20H22FNO3/c1-15-3-5-16(6-4-15)19(23)11-12-20(24)22-13-2-14-25-18-9-7-17(21)8-10-18/h3-10H,2,11-14H2,1H3,(H,22,24). The van der Waals surface area contributed by atoms with E-state index in [4.69, 9.17) is 4.74 Å². The Labute approximate surface area is 147 Å². The second kappa shape index (κ2) is 9.57. The van der Waals surface area contributed by atoms with Crippen LogP contribution < -0.4 is 10.1 Å². The minimum Gasteiger partial charge on any atom is -0.494 e. The summed E-state index contributed by atoms with van der Waals surface area (Å²) in [5, 5.41) is 2.76. The number of ether oxygens (including phenoxy) is 1. The number of carbonyl (C=O) groups is 2. The van der Waals surface area contributed by atoms with Gasteiger partial charge in [-0.15, -0.1) is 0 Å². The first-order chi connectivity index (χ1) is 12.0. The second-order valence-electron chi connectivity index (χ2n) is 5.80. The van der Waals surface area contributed by atoms with Crippen LogP contribution in [0.1, 0.15) is 35.2 Å². The fourth-order valence-corrected chi connectivity index (χ4v) is 2.22. The van der Waals surface area contributed by atoms with Crippen molar-refractivity contribution in [1.82, 2.24) is 5.32 Å². The molecule has 0 spiro atoms. The minimum absolute atomic E-state index is 0.0326. The Kier molecular flexibility index (Phi) is 7.14. The monoisotopic (exact) mass is 343 g/mol. The lowest BCUT2D eigenvalue weighted by Crippen LogP contribution is -2.25. The number of carbonyl (C=O) groups excluding carboxylic acids is 2. The summed E-state index contributed by atoms with van der Waals surface area (Å²) in [6, 6.07) is 13.1. The van der Waals surface area contributed by atoms with Crippen LogP contribution in [-0.2, 0) is 4.79 Å². The lowest BCUT2D eigenvalue weighted by molar-refractivity contribution is -0.121. The molecule has 0 unspecified atom stereocenters. The summed E-state index contributed by atoms with van der Waals surface area (Å²) in [6.07, 6.45) is 1.00. The summed E-state index contributed by atoms with van der Waals surface area (Å²) in [6.45, 7) is 2.86. The van der Waals surface area contributed by atoms with Crippen LogP contribution in [0.2, 0.25) is 0 Å². The van der Waals surface area contributed by atoms with E-state index >= 15 is 0 Å².